The van der Waals surface area contributed by atoms with Gasteiger partial charge in [0.05, 0.1) is 0 Å². The Kier molecular flexibility index (Phi) is 14.8. The van der Waals surface area contributed by atoms with Crippen LogP contribution in [0.5, 0.6) is 0 Å². The van der Waals surface area contributed by atoms with E-state index in [1.807, 2.05) is 0 Å². The molecular formula is C6H12CaO6. The summed E-state index contributed by atoms with van der Waals surface area (Å²) in [5.41, 5.74) is 0. The summed E-state index contributed by atoms with van der Waals surface area (Å²) in [6.45, 7) is 2.39. The molecule has 0 aromatic rings. The van der Waals surface area contributed by atoms with Crippen molar-refractivity contribution in [1.29, 1.82) is 0 Å². The SMILES string of the molecule is C[C@@H](O)C(=O)O.C[C@@H](O)C(=O)O.[Ca]. The van der Waals surface area contributed by atoms with Crippen LogP contribution >= 0.6 is 0 Å². The third-order valence-electron chi connectivity index (χ3n) is 0.715. The van der Waals surface area contributed by atoms with E-state index < -0.39 is 24.1 Å². The number of aliphatic carboxylic acids is 2. The first-order valence-corrected chi connectivity index (χ1v) is 3.10. The van der Waals surface area contributed by atoms with E-state index >= 15 is 0 Å². The van der Waals surface area contributed by atoms with E-state index in [0.717, 1.165) is 0 Å². The predicted molar refractivity (Wildman–Crippen MR) is 44.4 cm³/mol. The van der Waals surface area contributed by atoms with Gasteiger partial charge in [0.2, 0.25) is 0 Å². The minimum atomic E-state index is -1.23. The maximum Gasteiger partial charge on any atom is 0.332 e. The largest absolute Gasteiger partial charge is 0.479 e. The average Bonchev–Trinajstić information content (AvgIpc) is 1.88. The van der Waals surface area contributed by atoms with E-state index in [2.05, 4.69) is 0 Å². The number of aliphatic hydroxyl groups excluding tert-OH is 2. The molecule has 0 spiro atoms. The molecule has 0 saturated carbocycles. The van der Waals surface area contributed by atoms with Crippen molar-refractivity contribution in [3.05, 3.63) is 0 Å². The van der Waals surface area contributed by atoms with Gasteiger partial charge >= 0.3 is 11.9 Å². The molecule has 0 aliphatic heterocycles. The van der Waals surface area contributed by atoms with Crippen molar-refractivity contribution >= 4 is 49.7 Å². The van der Waals surface area contributed by atoms with Crippen molar-refractivity contribution < 1.29 is 30.0 Å². The van der Waals surface area contributed by atoms with Gasteiger partial charge < -0.3 is 20.4 Å². The smallest absolute Gasteiger partial charge is 0.332 e. The maximum absolute atomic E-state index is 9.45. The molecule has 4 N–H and O–H groups in total. The van der Waals surface area contributed by atoms with Crippen LogP contribution in [0.3, 0.4) is 0 Å². The monoisotopic (exact) mass is 220 g/mol. The van der Waals surface area contributed by atoms with E-state index in [1.54, 1.807) is 0 Å². The molecule has 0 rings (SSSR count). The quantitative estimate of drug-likeness (QED) is 0.422. The molecule has 0 aliphatic rings. The molecule has 0 saturated heterocycles. The number of hydrogen-bond donors (Lipinski definition) is 4. The summed E-state index contributed by atoms with van der Waals surface area (Å²) in [4.78, 5) is 18.9. The van der Waals surface area contributed by atoms with Crippen LogP contribution in [0.15, 0.2) is 0 Å². The van der Waals surface area contributed by atoms with E-state index in [1.165, 1.54) is 13.8 Å². The zero-order chi connectivity index (χ0) is 10.3. The molecule has 0 aliphatic carbocycles. The van der Waals surface area contributed by atoms with Gasteiger partial charge in [0.15, 0.2) is 0 Å². The van der Waals surface area contributed by atoms with Crippen molar-refractivity contribution in [3.63, 3.8) is 0 Å². The van der Waals surface area contributed by atoms with Gasteiger partial charge in [-0.15, -0.1) is 0 Å². The van der Waals surface area contributed by atoms with Crippen molar-refractivity contribution in [2.75, 3.05) is 0 Å². The molecule has 13 heavy (non-hydrogen) atoms. The zero-order valence-electron chi connectivity index (χ0n) is 7.47. The molecule has 0 bridgehead atoms. The normalized spacial score (nSPS) is 12.6. The van der Waals surface area contributed by atoms with Gasteiger partial charge in [-0.25, -0.2) is 9.59 Å². The number of hydrogen-bond acceptors (Lipinski definition) is 4. The summed E-state index contributed by atoms with van der Waals surface area (Å²) in [5, 5.41) is 31.5. The predicted octanol–water partition coefficient (Wildman–Crippen LogP) is -1.48. The van der Waals surface area contributed by atoms with Gasteiger partial charge in [0, 0.05) is 37.7 Å². The average molecular weight is 220 g/mol. The first-order chi connectivity index (χ1) is 5.29. The fraction of sp³-hybridized carbons (Fsp3) is 0.667. The zero-order valence-corrected chi connectivity index (χ0v) is 9.68. The maximum atomic E-state index is 9.45. The van der Waals surface area contributed by atoms with Crippen molar-refractivity contribution in [2.45, 2.75) is 26.1 Å². The van der Waals surface area contributed by atoms with Crippen LogP contribution in [0.2, 0.25) is 0 Å². The summed E-state index contributed by atoms with van der Waals surface area (Å²) < 4.78 is 0. The summed E-state index contributed by atoms with van der Waals surface area (Å²) in [6, 6.07) is 0. The topological polar surface area (TPSA) is 115 Å². The minimum absolute atomic E-state index is 0. The van der Waals surface area contributed by atoms with Gasteiger partial charge in [-0.1, -0.05) is 0 Å². The Balaban J connectivity index is -0.000000143. The molecule has 0 aromatic carbocycles. The van der Waals surface area contributed by atoms with E-state index in [9.17, 15) is 9.59 Å². The Hall–Kier alpha value is 0.120. The Morgan fingerprint density at radius 1 is 0.923 bits per heavy atom. The molecular weight excluding hydrogens is 208 g/mol. The third-order valence-corrected chi connectivity index (χ3v) is 0.715. The third kappa shape index (κ3) is 18.8. The number of rotatable bonds is 2. The number of carbonyl (C=O) groups is 2. The van der Waals surface area contributed by atoms with Crippen LogP contribution in [0.25, 0.3) is 0 Å². The molecule has 74 valence electrons. The van der Waals surface area contributed by atoms with Gasteiger partial charge in [0.1, 0.15) is 12.2 Å². The Labute approximate surface area is 105 Å². The summed E-state index contributed by atoms with van der Waals surface area (Å²) in [5.74, 6) is -2.37. The first kappa shape index (κ1) is 18.8. The van der Waals surface area contributed by atoms with Crippen LogP contribution in [-0.4, -0.2) is 82.3 Å². The second-order valence-corrected chi connectivity index (χ2v) is 2.03. The molecule has 0 unspecified atom stereocenters. The Bertz CT molecular complexity index is 137. The Morgan fingerprint density at radius 2 is 1.00 bits per heavy atom. The van der Waals surface area contributed by atoms with Crippen LogP contribution < -0.4 is 0 Å². The molecule has 0 heterocycles. The molecule has 2 atom stereocenters. The molecule has 6 nitrogen and oxygen atoms in total. The van der Waals surface area contributed by atoms with Gasteiger partial charge in [-0.3, -0.25) is 0 Å². The Morgan fingerprint density at radius 3 is 1.00 bits per heavy atom. The fourth-order valence-electron chi connectivity index (χ4n) is 0. The number of aliphatic hydroxyl groups is 2. The summed E-state index contributed by atoms with van der Waals surface area (Å²) in [6.07, 6.45) is -2.46. The molecule has 2 radical (unpaired) electrons. The van der Waals surface area contributed by atoms with E-state index in [-0.39, 0.29) is 37.7 Å². The second kappa shape index (κ2) is 10.2. The van der Waals surface area contributed by atoms with Gasteiger partial charge in [-0.05, 0) is 13.8 Å². The molecule has 0 aromatic heterocycles. The van der Waals surface area contributed by atoms with Crippen molar-refractivity contribution in [3.8, 4) is 0 Å². The van der Waals surface area contributed by atoms with Crippen LogP contribution in [0.4, 0.5) is 0 Å². The van der Waals surface area contributed by atoms with E-state index in [4.69, 9.17) is 20.4 Å². The molecule has 0 fully saturated rings. The van der Waals surface area contributed by atoms with E-state index in [0.29, 0.717) is 0 Å². The van der Waals surface area contributed by atoms with Crippen molar-refractivity contribution in [2.24, 2.45) is 0 Å². The second-order valence-electron chi connectivity index (χ2n) is 2.03. The number of carboxylic acid groups (broad SMARTS) is 2. The van der Waals surface area contributed by atoms with Gasteiger partial charge in [-0.2, -0.15) is 0 Å². The van der Waals surface area contributed by atoms with Crippen LogP contribution in [-0.2, 0) is 9.59 Å². The van der Waals surface area contributed by atoms with Crippen molar-refractivity contribution in [1.82, 2.24) is 0 Å². The van der Waals surface area contributed by atoms with Gasteiger partial charge in [0.25, 0.3) is 0 Å². The standard InChI is InChI=1S/2C3H6O3.Ca/c2*1-2(4)3(5)6;/h2*2,4H,1H3,(H,5,6);/t2*2-;/m11./s1. The molecule has 7 heteroatoms. The van der Waals surface area contributed by atoms with Crippen LogP contribution in [0.1, 0.15) is 13.8 Å². The molecule has 0 amide bonds. The first-order valence-electron chi connectivity index (χ1n) is 3.10. The summed E-state index contributed by atoms with van der Waals surface area (Å²) in [7, 11) is 0. The fourth-order valence-corrected chi connectivity index (χ4v) is 0. The summed E-state index contributed by atoms with van der Waals surface area (Å²) >= 11 is 0. The van der Waals surface area contributed by atoms with Crippen LogP contribution in [0, 0.1) is 0 Å². The minimum Gasteiger partial charge on any atom is -0.479 e. The number of carboxylic acids is 2.